The Hall–Kier alpha value is -2.96. The number of imide groups is 1. The molecule has 0 atom stereocenters. The van der Waals surface area contributed by atoms with Crippen LogP contribution in [0.25, 0.3) is 0 Å². The first-order chi connectivity index (χ1) is 11.0. The summed E-state index contributed by atoms with van der Waals surface area (Å²) < 4.78 is 4.50. The Morgan fingerprint density at radius 2 is 1.74 bits per heavy atom. The monoisotopic (exact) mass is 317 g/mol. The number of hydrogen-bond donors (Lipinski definition) is 1. The van der Waals surface area contributed by atoms with Crippen LogP contribution in [0.5, 0.6) is 0 Å². The van der Waals surface area contributed by atoms with Crippen LogP contribution < -0.4 is 0 Å². The normalized spacial score (nSPS) is 14.0. The minimum atomic E-state index is -1.07. The number of amides is 2. The highest BCUT2D eigenvalue weighted by molar-refractivity contribution is 6.38. The molecule has 0 spiro atoms. The van der Waals surface area contributed by atoms with Crippen molar-refractivity contribution in [3.63, 3.8) is 0 Å². The van der Waals surface area contributed by atoms with Gasteiger partial charge >= 0.3 is 5.97 Å². The lowest BCUT2D eigenvalue weighted by molar-refractivity contribution is -0.151. The third-order valence-corrected chi connectivity index (χ3v) is 3.24. The second-order valence-corrected chi connectivity index (χ2v) is 4.78. The Balaban J connectivity index is 1.99. The van der Waals surface area contributed by atoms with Gasteiger partial charge in [0.2, 0.25) is 0 Å². The van der Waals surface area contributed by atoms with Gasteiger partial charge in [0.1, 0.15) is 0 Å². The van der Waals surface area contributed by atoms with E-state index < -0.39 is 29.3 Å². The third kappa shape index (κ3) is 3.45. The second-order valence-electron chi connectivity index (χ2n) is 4.78. The summed E-state index contributed by atoms with van der Waals surface area (Å²) in [5, 5.41) is 9.67. The summed E-state index contributed by atoms with van der Waals surface area (Å²) in [4.78, 5) is 47.7. The summed E-state index contributed by atoms with van der Waals surface area (Å²) >= 11 is 0. The Morgan fingerprint density at radius 3 is 2.26 bits per heavy atom. The molecule has 0 aliphatic carbocycles. The molecule has 120 valence electrons. The van der Waals surface area contributed by atoms with Crippen LogP contribution >= 0.6 is 0 Å². The number of aliphatic hydroxyl groups excluding tert-OH is 1. The summed E-state index contributed by atoms with van der Waals surface area (Å²) in [6, 6.07) is 6.41. The molecule has 1 aromatic carbocycles. The van der Waals surface area contributed by atoms with Crippen molar-refractivity contribution in [3.8, 4) is 0 Å². The fraction of sp³-hybridized carbons (Fsp3) is 0.250. The summed E-state index contributed by atoms with van der Waals surface area (Å²) in [6.07, 6.45) is 0.604. The second kappa shape index (κ2) is 6.87. The van der Waals surface area contributed by atoms with Crippen molar-refractivity contribution >= 4 is 23.6 Å². The topological polar surface area (TPSA) is 101 Å². The molecule has 0 radical (unpaired) electrons. The first-order valence-corrected chi connectivity index (χ1v) is 7.01. The quantitative estimate of drug-likeness (QED) is 0.278. The molecule has 0 fully saturated rings. The van der Waals surface area contributed by atoms with E-state index in [2.05, 4.69) is 4.74 Å². The molecule has 2 rings (SSSR count). The highest BCUT2D eigenvalue weighted by atomic mass is 16.5. The molecule has 1 heterocycles. The average molecular weight is 317 g/mol. The molecule has 0 saturated heterocycles. The highest BCUT2D eigenvalue weighted by Crippen LogP contribution is 2.22. The van der Waals surface area contributed by atoms with Crippen LogP contribution in [0.2, 0.25) is 0 Å². The van der Waals surface area contributed by atoms with Crippen LogP contribution in [0.15, 0.2) is 36.1 Å². The van der Waals surface area contributed by atoms with Crippen molar-refractivity contribution in [1.29, 1.82) is 0 Å². The van der Waals surface area contributed by atoms with E-state index in [1.54, 1.807) is 31.2 Å². The minimum Gasteiger partial charge on any atom is -0.512 e. The number of aliphatic hydroxyl groups is 1. The molecule has 0 unspecified atom stereocenters. The molecule has 1 N–H and O–H groups in total. The van der Waals surface area contributed by atoms with Gasteiger partial charge in [0.05, 0.1) is 23.5 Å². The average Bonchev–Trinajstić information content (AvgIpc) is 2.77. The summed E-state index contributed by atoms with van der Waals surface area (Å²) in [6.45, 7) is 1.51. The lowest BCUT2D eigenvalue weighted by Gasteiger charge is -2.13. The van der Waals surface area contributed by atoms with Crippen LogP contribution in [0.3, 0.4) is 0 Å². The van der Waals surface area contributed by atoms with Gasteiger partial charge in [-0.3, -0.25) is 19.3 Å². The number of ether oxygens (including phenoxy) is 1. The van der Waals surface area contributed by atoms with Crippen molar-refractivity contribution < 1.29 is 29.0 Å². The number of benzene rings is 1. The summed E-state index contributed by atoms with van der Waals surface area (Å²) in [5.74, 6) is -3.36. The maximum absolute atomic E-state index is 12.1. The summed E-state index contributed by atoms with van der Waals surface area (Å²) in [5.41, 5.74) is 0.618. The fourth-order valence-electron chi connectivity index (χ4n) is 2.15. The van der Waals surface area contributed by atoms with E-state index >= 15 is 0 Å². The maximum Gasteiger partial charge on any atom is 0.379 e. The van der Waals surface area contributed by atoms with Crippen LogP contribution in [0.1, 0.15) is 34.1 Å². The number of hydrogen-bond acceptors (Lipinski definition) is 6. The standard InChI is InChI=1S/C16H15NO6/c1-2-23-16(22)13(19)9-10(18)7-8-17-14(20)11-5-3-4-6-12(11)15(17)21/h3-6,9,18H,2,7-8H2,1H3/b10-9-. The van der Waals surface area contributed by atoms with Crippen molar-refractivity contribution in [2.45, 2.75) is 13.3 Å². The van der Waals surface area contributed by atoms with Gasteiger partial charge < -0.3 is 9.84 Å². The van der Waals surface area contributed by atoms with E-state index in [0.717, 1.165) is 11.0 Å². The van der Waals surface area contributed by atoms with E-state index in [0.29, 0.717) is 11.1 Å². The van der Waals surface area contributed by atoms with Crippen LogP contribution in [0, 0.1) is 0 Å². The molecule has 0 bridgehead atoms. The Bertz CT molecular complexity index is 671. The first kappa shape index (κ1) is 16.4. The van der Waals surface area contributed by atoms with Gasteiger partial charge in [0, 0.05) is 19.0 Å². The van der Waals surface area contributed by atoms with Gasteiger partial charge in [-0.05, 0) is 19.1 Å². The number of rotatable bonds is 6. The summed E-state index contributed by atoms with van der Waals surface area (Å²) in [7, 11) is 0. The minimum absolute atomic E-state index is 0.0498. The zero-order valence-corrected chi connectivity index (χ0v) is 12.4. The van der Waals surface area contributed by atoms with E-state index in [9.17, 15) is 24.3 Å². The number of fused-ring (bicyclic) bond motifs is 1. The van der Waals surface area contributed by atoms with Crippen molar-refractivity contribution in [2.24, 2.45) is 0 Å². The van der Waals surface area contributed by atoms with Crippen LogP contribution in [0.4, 0.5) is 0 Å². The molecule has 1 aliphatic rings. The van der Waals surface area contributed by atoms with Crippen molar-refractivity contribution in [1.82, 2.24) is 4.90 Å². The molecule has 7 heteroatoms. The lowest BCUT2D eigenvalue weighted by atomic mass is 10.1. The molecule has 2 amide bonds. The molecule has 23 heavy (non-hydrogen) atoms. The number of nitrogens with zero attached hydrogens (tertiary/aromatic N) is 1. The van der Waals surface area contributed by atoms with Crippen molar-refractivity contribution in [3.05, 3.63) is 47.2 Å². The molecule has 7 nitrogen and oxygen atoms in total. The maximum atomic E-state index is 12.1. The SMILES string of the molecule is CCOC(=O)C(=O)/C=C(\O)CCN1C(=O)c2ccccc2C1=O. The molecule has 0 aromatic heterocycles. The van der Waals surface area contributed by atoms with E-state index in [4.69, 9.17) is 0 Å². The van der Waals surface area contributed by atoms with E-state index in [1.165, 1.54) is 0 Å². The van der Waals surface area contributed by atoms with Gasteiger partial charge in [0.15, 0.2) is 0 Å². The van der Waals surface area contributed by atoms with Gasteiger partial charge in [-0.15, -0.1) is 0 Å². The molecule has 1 aliphatic heterocycles. The predicted octanol–water partition coefficient (Wildman–Crippen LogP) is 1.25. The molecule has 0 saturated carbocycles. The number of carbonyl (C=O) groups excluding carboxylic acids is 4. The zero-order valence-electron chi connectivity index (χ0n) is 12.4. The van der Waals surface area contributed by atoms with Crippen LogP contribution in [-0.2, 0) is 14.3 Å². The Labute approximate surface area is 132 Å². The lowest BCUT2D eigenvalue weighted by Crippen LogP contribution is -2.31. The molecular formula is C16H15NO6. The third-order valence-electron chi connectivity index (χ3n) is 3.24. The number of esters is 1. The predicted molar refractivity (Wildman–Crippen MR) is 78.8 cm³/mol. The Morgan fingerprint density at radius 1 is 1.17 bits per heavy atom. The molecule has 1 aromatic rings. The van der Waals surface area contributed by atoms with Gasteiger partial charge in [-0.1, -0.05) is 12.1 Å². The number of carbonyl (C=O) groups is 4. The highest BCUT2D eigenvalue weighted by Gasteiger charge is 2.34. The number of ketones is 1. The largest absolute Gasteiger partial charge is 0.512 e. The fourth-order valence-corrected chi connectivity index (χ4v) is 2.15. The van der Waals surface area contributed by atoms with Gasteiger partial charge in [0.25, 0.3) is 17.6 Å². The Kier molecular flexibility index (Phi) is 4.90. The zero-order chi connectivity index (χ0) is 17.0. The van der Waals surface area contributed by atoms with Gasteiger partial charge in [-0.2, -0.15) is 0 Å². The van der Waals surface area contributed by atoms with Crippen LogP contribution in [-0.4, -0.2) is 46.7 Å². The van der Waals surface area contributed by atoms with E-state index in [-0.39, 0.29) is 19.6 Å². The first-order valence-electron chi connectivity index (χ1n) is 7.01. The van der Waals surface area contributed by atoms with E-state index in [1.807, 2.05) is 0 Å². The van der Waals surface area contributed by atoms with Gasteiger partial charge in [-0.25, -0.2) is 4.79 Å². The molecular weight excluding hydrogens is 302 g/mol. The van der Waals surface area contributed by atoms with Crippen molar-refractivity contribution in [2.75, 3.05) is 13.2 Å². The smallest absolute Gasteiger partial charge is 0.379 e.